The van der Waals surface area contributed by atoms with Gasteiger partial charge in [0, 0.05) is 17.0 Å². The van der Waals surface area contributed by atoms with Crippen LogP contribution in [0.25, 0.3) is 10.9 Å². The Kier molecular flexibility index (Phi) is 2.25. The molecule has 0 radical (unpaired) electrons. The third-order valence-corrected chi connectivity index (χ3v) is 3.81. The third-order valence-electron chi connectivity index (χ3n) is 3.81. The first-order chi connectivity index (χ1) is 8.20. The normalized spacial score (nSPS) is 17.0. The van der Waals surface area contributed by atoms with Crippen molar-refractivity contribution in [2.24, 2.45) is 5.41 Å². The van der Waals surface area contributed by atoms with Gasteiger partial charge in [0.1, 0.15) is 5.78 Å². The fourth-order valence-corrected chi connectivity index (χ4v) is 2.43. The smallest absolute Gasteiger partial charge is 0.136 e. The lowest BCUT2D eigenvalue weighted by molar-refractivity contribution is -0.121. The van der Waals surface area contributed by atoms with Gasteiger partial charge in [-0.05, 0) is 49.9 Å². The van der Waals surface area contributed by atoms with E-state index in [-0.39, 0.29) is 5.41 Å². The zero-order valence-electron chi connectivity index (χ0n) is 9.94. The Morgan fingerprint density at radius 3 is 2.88 bits per heavy atom. The van der Waals surface area contributed by atoms with Crippen molar-refractivity contribution < 1.29 is 4.79 Å². The first-order valence-corrected chi connectivity index (χ1v) is 6.04. The van der Waals surface area contributed by atoms with Gasteiger partial charge in [-0.25, -0.2) is 0 Å². The number of Topliss-reactive ketones (excluding diaryl/α,β-unsaturated/α-hetero) is 1. The van der Waals surface area contributed by atoms with Crippen molar-refractivity contribution in [3.05, 3.63) is 42.1 Å². The number of hydrogen-bond donors (Lipinski definition) is 0. The van der Waals surface area contributed by atoms with Crippen molar-refractivity contribution in [2.75, 3.05) is 0 Å². The van der Waals surface area contributed by atoms with Gasteiger partial charge in [0.25, 0.3) is 0 Å². The number of benzene rings is 1. The van der Waals surface area contributed by atoms with E-state index in [2.05, 4.69) is 23.2 Å². The van der Waals surface area contributed by atoms with Crippen molar-refractivity contribution in [1.82, 2.24) is 4.98 Å². The Balaban J connectivity index is 1.94. The number of fused-ring (bicyclic) bond motifs is 1. The predicted molar refractivity (Wildman–Crippen MR) is 67.8 cm³/mol. The number of carbonyl (C=O) groups excluding carboxylic acids is 1. The number of nitrogens with zero attached hydrogens (tertiary/aromatic N) is 1. The fourth-order valence-electron chi connectivity index (χ4n) is 2.43. The first-order valence-electron chi connectivity index (χ1n) is 6.04. The summed E-state index contributed by atoms with van der Waals surface area (Å²) in [5.74, 6) is 0.337. The summed E-state index contributed by atoms with van der Waals surface area (Å²) in [6.45, 7) is 1.72. The standard InChI is InChI=1S/C15H15NO/c1-11(17)15(6-7-15)10-12-4-5-14-13(9-12)3-2-8-16-14/h2-5,8-9H,6-7,10H2,1H3. The Morgan fingerprint density at radius 1 is 1.35 bits per heavy atom. The highest BCUT2D eigenvalue weighted by Gasteiger charge is 2.46. The van der Waals surface area contributed by atoms with E-state index in [1.54, 1.807) is 13.1 Å². The molecule has 0 amide bonds. The lowest BCUT2D eigenvalue weighted by Gasteiger charge is -2.11. The molecule has 2 heteroatoms. The number of rotatable bonds is 3. The van der Waals surface area contributed by atoms with Crippen LogP contribution in [0, 0.1) is 5.41 Å². The summed E-state index contributed by atoms with van der Waals surface area (Å²) >= 11 is 0. The highest BCUT2D eigenvalue weighted by molar-refractivity contribution is 5.86. The van der Waals surface area contributed by atoms with Crippen LogP contribution in [0.3, 0.4) is 0 Å². The summed E-state index contributed by atoms with van der Waals surface area (Å²) in [4.78, 5) is 15.9. The molecule has 0 unspecified atom stereocenters. The lowest BCUT2D eigenvalue weighted by Crippen LogP contribution is -2.14. The molecule has 0 spiro atoms. The van der Waals surface area contributed by atoms with Crippen LogP contribution in [0.1, 0.15) is 25.3 Å². The molecule has 0 atom stereocenters. The molecule has 17 heavy (non-hydrogen) atoms. The average Bonchev–Trinajstić information content (AvgIpc) is 3.10. The number of carbonyl (C=O) groups is 1. The molecule has 1 aromatic heterocycles. The molecule has 0 bridgehead atoms. The van der Waals surface area contributed by atoms with Crippen LogP contribution in [0.15, 0.2) is 36.5 Å². The molecular formula is C15H15NO. The van der Waals surface area contributed by atoms with Crippen LogP contribution in [0.4, 0.5) is 0 Å². The Morgan fingerprint density at radius 2 is 2.18 bits per heavy atom. The van der Waals surface area contributed by atoms with Gasteiger partial charge in [-0.15, -0.1) is 0 Å². The quantitative estimate of drug-likeness (QED) is 0.803. The highest BCUT2D eigenvalue weighted by Crippen LogP contribution is 2.49. The molecule has 1 aliphatic rings. The maximum atomic E-state index is 11.6. The zero-order chi connectivity index (χ0) is 11.9. The second kappa shape index (κ2) is 3.66. The van der Waals surface area contributed by atoms with E-state index in [0.717, 1.165) is 30.2 Å². The summed E-state index contributed by atoms with van der Waals surface area (Å²) in [7, 11) is 0. The van der Waals surface area contributed by atoms with Gasteiger partial charge in [0.05, 0.1) is 5.52 Å². The van der Waals surface area contributed by atoms with Crippen LogP contribution in [-0.4, -0.2) is 10.8 Å². The number of aromatic nitrogens is 1. The number of pyridine rings is 1. The molecule has 1 aliphatic carbocycles. The molecule has 1 saturated carbocycles. The van der Waals surface area contributed by atoms with E-state index in [1.165, 1.54) is 5.56 Å². The van der Waals surface area contributed by atoms with E-state index < -0.39 is 0 Å². The largest absolute Gasteiger partial charge is 0.299 e. The van der Waals surface area contributed by atoms with E-state index in [4.69, 9.17) is 0 Å². The van der Waals surface area contributed by atoms with E-state index in [1.807, 2.05) is 12.1 Å². The minimum absolute atomic E-state index is 0.0457. The molecule has 0 N–H and O–H groups in total. The van der Waals surface area contributed by atoms with Crippen molar-refractivity contribution >= 4 is 16.7 Å². The number of ketones is 1. The van der Waals surface area contributed by atoms with Crippen molar-refractivity contribution in [2.45, 2.75) is 26.2 Å². The minimum Gasteiger partial charge on any atom is -0.299 e. The highest BCUT2D eigenvalue weighted by atomic mass is 16.1. The molecule has 3 rings (SSSR count). The van der Waals surface area contributed by atoms with Gasteiger partial charge in [0.2, 0.25) is 0 Å². The Hall–Kier alpha value is -1.70. The molecule has 2 nitrogen and oxygen atoms in total. The van der Waals surface area contributed by atoms with Crippen LogP contribution in [0.2, 0.25) is 0 Å². The molecule has 1 heterocycles. The predicted octanol–water partition coefficient (Wildman–Crippen LogP) is 3.15. The monoisotopic (exact) mass is 225 g/mol. The fraction of sp³-hybridized carbons (Fsp3) is 0.333. The summed E-state index contributed by atoms with van der Waals surface area (Å²) in [5.41, 5.74) is 2.22. The Bertz CT molecular complexity index is 584. The first kappa shape index (κ1) is 10.5. The minimum atomic E-state index is -0.0457. The van der Waals surface area contributed by atoms with Gasteiger partial charge in [-0.3, -0.25) is 9.78 Å². The average molecular weight is 225 g/mol. The van der Waals surface area contributed by atoms with Gasteiger partial charge in [-0.2, -0.15) is 0 Å². The molecular weight excluding hydrogens is 210 g/mol. The molecule has 1 fully saturated rings. The van der Waals surface area contributed by atoms with Crippen molar-refractivity contribution in [3.63, 3.8) is 0 Å². The van der Waals surface area contributed by atoms with E-state index in [9.17, 15) is 4.79 Å². The number of hydrogen-bond acceptors (Lipinski definition) is 2. The second-order valence-corrected chi connectivity index (χ2v) is 5.04. The van der Waals surface area contributed by atoms with Gasteiger partial charge >= 0.3 is 0 Å². The molecule has 0 aliphatic heterocycles. The maximum Gasteiger partial charge on any atom is 0.136 e. The lowest BCUT2D eigenvalue weighted by atomic mass is 9.92. The van der Waals surface area contributed by atoms with Crippen LogP contribution in [-0.2, 0) is 11.2 Å². The van der Waals surface area contributed by atoms with E-state index in [0.29, 0.717) is 5.78 Å². The summed E-state index contributed by atoms with van der Waals surface area (Å²) in [5, 5.41) is 1.16. The molecule has 86 valence electrons. The molecule has 0 saturated heterocycles. The van der Waals surface area contributed by atoms with Crippen molar-refractivity contribution in [3.8, 4) is 0 Å². The SMILES string of the molecule is CC(=O)C1(Cc2ccc3ncccc3c2)CC1. The summed E-state index contributed by atoms with van der Waals surface area (Å²) in [6, 6.07) is 10.3. The van der Waals surface area contributed by atoms with Crippen LogP contribution >= 0.6 is 0 Å². The van der Waals surface area contributed by atoms with Gasteiger partial charge in [0.15, 0.2) is 0 Å². The summed E-state index contributed by atoms with van der Waals surface area (Å²) < 4.78 is 0. The maximum absolute atomic E-state index is 11.6. The van der Waals surface area contributed by atoms with Crippen LogP contribution < -0.4 is 0 Å². The zero-order valence-corrected chi connectivity index (χ0v) is 9.94. The second-order valence-electron chi connectivity index (χ2n) is 5.04. The Labute approximate surface area is 101 Å². The van der Waals surface area contributed by atoms with Crippen molar-refractivity contribution in [1.29, 1.82) is 0 Å². The topological polar surface area (TPSA) is 30.0 Å². The summed E-state index contributed by atoms with van der Waals surface area (Å²) in [6.07, 6.45) is 4.79. The van der Waals surface area contributed by atoms with Crippen LogP contribution in [0.5, 0.6) is 0 Å². The van der Waals surface area contributed by atoms with Gasteiger partial charge < -0.3 is 0 Å². The third kappa shape index (κ3) is 1.84. The molecule has 1 aromatic carbocycles. The molecule has 2 aromatic rings. The van der Waals surface area contributed by atoms with E-state index >= 15 is 0 Å². The van der Waals surface area contributed by atoms with Gasteiger partial charge in [-0.1, -0.05) is 12.1 Å².